The second kappa shape index (κ2) is 14.2. The van der Waals surface area contributed by atoms with Crippen molar-refractivity contribution in [2.75, 3.05) is 71.9 Å². The molecule has 2 aliphatic rings. The van der Waals surface area contributed by atoms with E-state index in [1.54, 1.807) is 14.2 Å². The molecule has 0 fully saturated rings. The van der Waals surface area contributed by atoms with E-state index in [1.807, 2.05) is 0 Å². The van der Waals surface area contributed by atoms with Gasteiger partial charge < -0.3 is 23.8 Å². The molecule has 0 aliphatic carbocycles. The highest BCUT2D eigenvalue weighted by Gasteiger charge is 2.44. The minimum absolute atomic E-state index is 0.0966. The Morgan fingerprint density at radius 3 is 2.10 bits per heavy atom. The van der Waals surface area contributed by atoms with Gasteiger partial charge in [0.15, 0.2) is 12.3 Å². The minimum Gasteiger partial charge on any atom is -0.382 e. The van der Waals surface area contributed by atoms with Gasteiger partial charge in [0.25, 0.3) is 0 Å². The Morgan fingerprint density at radius 2 is 1.37 bits per heavy atom. The summed E-state index contributed by atoms with van der Waals surface area (Å²) in [6, 6.07) is 17.4. The van der Waals surface area contributed by atoms with Crippen molar-refractivity contribution in [3.63, 3.8) is 0 Å². The summed E-state index contributed by atoms with van der Waals surface area (Å²) in [5.41, 5.74) is 7.55. The summed E-state index contributed by atoms with van der Waals surface area (Å²) in [4.78, 5) is 2.40. The van der Waals surface area contributed by atoms with Gasteiger partial charge in [-0.05, 0) is 31.6 Å². The maximum absolute atomic E-state index is 5.83. The maximum Gasteiger partial charge on any atom is 0.209 e. The summed E-state index contributed by atoms with van der Waals surface area (Å²) in [7, 11) is 3.40. The Bertz CT molecular complexity index is 1290. The lowest BCUT2D eigenvalue weighted by molar-refractivity contribution is -0.442. The predicted octanol–water partition coefficient (Wildman–Crippen LogP) is 6.18. The van der Waals surface area contributed by atoms with Crippen LogP contribution in [0.3, 0.4) is 0 Å². The molecule has 0 saturated heterocycles. The molecule has 0 spiro atoms. The Labute approximate surface area is 246 Å². The molecule has 0 atom stereocenters. The van der Waals surface area contributed by atoms with Crippen molar-refractivity contribution in [2.45, 2.75) is 38.5 Å². The van der Waals surface area contributed by atoms with E-state index in [2.05, 4.69) is 116 Å². The average Bonchev–Trinajstić information content (AvgIpc) is 3.31. The van der Waals surface area contributed by atoms with Crippen molar-refractivity contribution in [1.82, 2.24) is 0 Å². The third-order valence-electron chi connectivity index (χ3n) is 8.11. The van der Waals surface area contributed by atoms with Crippen molar-refractivity contribution < 1.29 is 23.5 Å². The number of benzene rings is 2. The van der Waals surface area contributed by atoms with Crippen LogP contribution in [0.15, 0.2) is 84.6 Å². The Balaban J connectivity index is 1.54. The lowest BCUT2D eigenvalue weighted by Crippen LogP contribution is -2.29. The lowest BCUT2D eigenvalue weighted by Gasteiger charge is -2.27. The number of allylic oxidation sites excluding steroid dienone is 6. The third-order valence-corrected chi connectivity index (χ3v) is 8.11. The number of hydrogen-bond donors (Lipinski definition) is 0. The second-order valence-corrected chi connectivity index (χ2v) is 11.5. The van der Waals surface area contributed by atoms with Gasteiger partial charge in [0.2, 0.25) is 5.69 Å². The molecule has 2 heterocycles. The average molecular weight is 560 g/mol. The second-order valence-electron chi connectivity index (χ2n) is 11.5. The highest BCUT2D eigenvalue weighted by atomic mass is 16.5. The fraction of sp³-hybridized carbons (Fsp3) is 0.457. The van der Waals surface area contributed by atoms with Crippen molar-refractivity contribution in [1.29, 1.82) is 0 Å². The SMILES string of the molecule is COCCOCCN1C(=CC=CC=CC2=[N+](CCOCCOC)c3ccccc3C2(C)C)C(C)(C)c2ccccc21. The first-order valence-corrected chi connectivity index (χ1v) is 14.6. The van der Waals surface area contributed by atoms with E-state index in [-0.39, 0.29) is 10.8 Å². The molecule has 2 aromatic rings. The van der Waals surface area contributed by atoms with E-state index in [9.17, 15) is 0 Å². The molecule has 0 saturated carbocycles. The number of rotatable bonds is 15. The molecule has 6 heteroatoms. The smallest absolute Gasteiger partial charge is 0.209 e. The highest BCUT2D eigenvalue weighted by molar-refractivity contribution is 6.03. The van der Waals surface area contributed by atoms with Crippen LogP contribution in [0, 0.1) is 0 Å². The van der Waals surface area contributed by atoms with Gasteiger partial charge in [0, 0.05) is 55.3 Å². The van der Waals surface area contributed by atoms with Crippen LogP contribution in [0.25, 0.3) is 0 Å². The van der Waals surface area contributed by atoms with Crippen LogP contribution in [-0.4, -0.2) is 77.2 Å². The van der Waals surface area contributed by atoms with E-state index in [0.29, 0.717) is 39.6 Å². The quantitative estimate of drug-likeness (QED) is 0.148. The van der Waals surface area contributed by atoms with Crippen molar-refractivity contribution in [2.24, 2.45) is 0 Å². The van der Waals surface area contributed by atoms with Gasteiger partial charge >= 0.3 is 0 Å². The number of nitrogens with zero attached hydrogens (tertiary/aromatic N) is 2. The molecule has 6 nitrogen and oxygen atoms in total. The predicted molar refractivity (Wildman–Crippen MR) is 168 cm³/mol. The number of methoxy groups -OCH3 is 2. The minimum atomic E-state index is -0.0966. The topological polar surface area (TPSA) is 43.2 Å². The molecule has 0 radical (unpaired) electrons. The van der Waals surface area contributed by atoms with Crippen LogP contribution in [0.1, 0.15) is 38.8 Å². The van der Waals surface area contributed by atoms with E-state index in [0.717, 1.165) is 13.1 Å². The van der Waals surface area contributed by atoms with Crippen molar-refractivity contribution in [3.05, 3.63) is 95.7 Å². The van der Waals surface area contributed by atoms with Gasteiger partial charge in [-0.1, -0.05) is 68.5 Å². The van der Waals surface area contributed by atoms with Gasteiger partial charge in [-0.25, -0.2) is 0 Å². The number of hydrogen-bond acceptors (Lipinski definition) is 5. The zero-order valence-corrected chi connectivity index (χ0v) is 25.7. The third kappa shape index (κ3) is 6.90. The summed E-state index contributed by atoms with van der Waals surface area (Å²) in [5, 5.41) is 0. The molecule has 0 aromatic heterocycles. The van der Waals surface area contributed by atoms with Crippen LogP contribution >= 0.6 is 0 Å². The first-order chi connectivity index (χ1) is 19.8. The van der Waals surface area contributed by atoms with E-state index in [4.69, 9.17) is 18.9 Å². The van der Waals surface area contributed by atoms with Crippen LogP contribution < -0.4 is 4.90 Å². The van der Waals surface area contributed by atoms with Crippen LogP contribution in [-0.2, 0) is 29.8 Å². The fourth-order valence-electron chi connectivity index (χ4n) is 5.92. The zero-order valence-electron chi connectivity index (χ0n) is 25.7. The first kappa shape index (κ1) is 30.9. The lowest BCUT2D eigenvalue weighted by atomic mass is 9.81. The van der Waals surface area contributed by atoms with E-state index >= 15 is 0 Å². The van der Waals surface area contributed by atoms with Gasteiger partial charge in [0.1, 0.15) is 6.61 Å². The monoisotopic (exact) mass is 559 g/mol. The molecule has 220 valence electrons. The standard InChI is InChI=1S/C35H47N2O4/c1-34(2)28-14-10-12-16-30(28)36(20-22-40-26-24-38-5)32(34)18-8-7-9-19-33-35(3,4)29-15-11-13-17-31(29)37(33)21-23-41-27-25-39-6/h7-19H,20-27H2,1-6H3/q+1. The summed E-state index contributed by atoms with van der Waals surface area (Å²) in [5.74, 6) is 0. The summed E-state index contributed by atoms with van der Waals surface area (Å²) >= 11 is 0. The van der Waals surface area contributed by atoms with Gasteiger partial charge in [0.05, 0.1) is 38.4 Å². The number of para-hydroxylation sites is 2. The van der Waals surface area contributed by atoms with Crippen LogP contribution in [0.5, 0.6) is 0 Å². The fourth-order valence-corrected chi connectivity index (χ4v) is 5.92. The first-order valence-electron chi connectivity index (χ1n) is 14.6. The largest absolute Gasteiger partial charge is 0.382 e. The van der Waals surface area contributed by atoms with Crippen molar-refractivity contribution >= 4 is 17.1 Å². The van der Waals surface area contributed by atoms with Crippen LogP contribution in [0.2, 0.25) is 0 Å². The van der Waals surface area contributed by atoms with E-state index in [1.165, 1.54) is 33.9 Å². The van der Waals surface area contributed by atoms with E-state index < -0.39 is 0 Å². The molecule has 2 aliphatic heterocycles. The molecule has 0 N–H and O–H groups in total. The number of anilines is 1. The molecule has 2 aromatic carbocycles. The summed E-state index contributed by atoms with van der Waals surface area (Å²) < 4.78 is 24.3. The molecule has 4 rings (SSSR count). The molecule has 0 amide bonds. The molecule has 41 heavy (non-hydrogen) atoms. The normalized spacial score (nSPS) is 18.3. The Kier molecular flexibility index (Phi) is 10.7. The van der Waals surface area contributed by atoms with Gasteiger partial charge in [-0.2, -0.15) is 4.58 Å². The van der Waals surface area contributed by atoms with Gasteiger partial charge in [-0.3, -0.25) is 0 Å². The molecule has 0 unspecified atom stereocenters. The van der Waals surface area contributed by atoms with Gasteiger partial charge in [-0.15, -0.1) is 0 Å². The Morgan fingerprint density at radius 1 is 0.707 bits per heavy atom. The molecular weight excluding hydrogens is 512 g/mol. The van der Waals surface area contributed by atoms with Crippen molar-refractivity contribution in [3.8, 4) is 0 Å². The molecular formula is C35H47N2O4+. The maximum atomic E-state index is 5.83. The summed E-state index contributed by atoms with van der Waals surface area (Å²) in [6.45, 7) is 14.5. The number of fused-ring (bicyclic) bond motifs is 2. The zero-order chi connectivity index (χ0) is 29.3. The number of ether oxygens (including phenoxy) is 4. The van der Waals surface area contributed by atoms with Crippen LogP contribution in [0.4, 0.5) is 11.4 Å². The summed E-state index contributed by atoms with van der Waals surface area (Å²) in [6.07, 6.45) is 11.0. The molecule has 0 bridgehead atoms. The Hall–Kier alpha value is -3.03. The highest BCUT2D eigenvalue weighted by Crippen LogP contribution is 2.47.